The molecular weight excluding hydrogens is 238 g/mol. The first-order valence-electron chi connectivity index (χ1n) is 5.73. The van der Waals surface area contributed by atoms with Crippen molar-refractivity contribution in [2.45, 2.75) is 19.1 Å². The molecule has 18 heavy (non-hydrogen) atoms. The SMILES string of the molecule is O[C@H](c1ccc(F)cc1)c1nccn1CCCF. The average Bonchev–Trinajstić information content (AvgIpc) is 2.84. The van der Waals surface area contributed by atoms with Crippen molar-refractivity contribution in [3.05, 3.63) is 53.9 Å². The fraction of sp³-hybridized carbons (Fsp3) is 0.308. The van der Waals surface area contributed by atoms with Gasteiger partial charge in [-0.15, -0.1) is 0 Å². The van der Waals surface area contributed by atoms with Gasteiger partial charge < -0.3 is 9.67 Å². The maximum atomic E-state index is 12.8. The van der Waals surface area contributed by atoms with Gasteiger partial charge in [0.2, 0.25) is 0 Å². The van der Waals surface area contributed by atoms with Crippen molar-refractivity contribution in [2.24, 2.45) is 0 Å². The van der Waals surface area contributed by atoms with Gasteiger partial charge in [-0.05, 0) is 24.1 Å². The number of alkyl halides is 1. The minimum absolute atomic E-state index is 0.355. The van der Waals surface area contributed by atoms with E-state index in [0.29, 0.717) is 24.4 Å². The number of imidazole rings is 1. The number of nitrogens with zero attached hydrogens (tertiary/aromatic N) is 2. The molecular formula is C13H14F2N2O. The Morgan fingerprint density at radius 1 is 1.28 bits per heavy atom. The second-order valence-electron chi connectivity index (χ2n) is 3.98. The van der Waals surface area contributed by atoms with Gasteiger partial charge in [0.05, 0.1) is 6.67 Å². The molecule has 0 saturated carbocycles. The number of benzene rings is 1. The van der Waals surface area contributed by atoms with Crippen LogP contribution >= 0.6 is 0 Å². The minimum atomic E-state index is -0.930. The highest BCUT2D eigenvalue weighted by molar-refractivity contribution is 5.23. The van der Waals surface area contributed by atoms with E-state index in [1.165, 1.54) is 24.3 Å². The summed E-state index contributed by atoms with van der Waals surface area (Å²) in [7, 11) is 0. The van der Waals surface area contributed by atoms with E-state index >= 15 is 0 Å². The van der Waals surface area contributed by atoms with Crippen LogP contribution in [0, 0.1) is 5.82 Å². The quantitative estimate of drug-likeness (QED) is 0.887. The molecule has 0 fully saturated rings. The van der Waals surface area contributed by atoms with E-state index in [1.54, 1.807) is 17.0 Å². The summed E-state index contributed by atoms with van der Waals surface area (Å²) >= 11 is 0. The Hall–Kier alpha value is -1.75. The second kappa shape index (κ2) is 5.73. The summed E-state index contributed by atoms with van der Waals surface area (Å²) in [5.74, 6) is 0.0850. The normalized spacial score (nSPS) is 12.6. The first kappa shape index (κ1) is 12.7. The summed E-state index contributed by atoms with van der Waals surface area (Å²) < 4.78 is 26.6. The number of hydrogen-bond acceptors (Lipinski definition) is 2. The lowest BCUT2D eigenvalue weighted by molar-refractivity contribution is 0.203. The van der Waals surface area contributed by atoms with Gasteiger partial charge in [-0.1, -0.05) is 12.1 Å². The molecule has 0 aliphatic rings. The molecule has 0 radical (unpaired) electrons. The van der Waals surface area contributed by atoms with Gasteiger partial charge in [0, 0.05) is 18.9 Å². The van der Waals surface area contributed by atoms with Crippen molar-refractivity contribution in [1.29, 1.82) is 0 Å². The van der Waals surface area contributed by atoms with E-state index in [9.17, 15) is 13.9 Å². The van der Waals surface area contributed by atoms with E-state index < -0.39 is 12.8 Å². The van der Waals surface area contributed by atoms with Gasteiger partial charge in [-0.25, -0.2) is 9.37 Å². The fourth-order valence-corrected chi connectivity index (χ4v) is 1.78. The third kappa shape index (κ3) is 2.73. The minimum Gasteiger partial charge on any atom is -0.380 e. The van der Waals surface area contributed by atoms with Crippen LogP contribution in [0.3, 0.4) is 0 Å². The number of aliphatic hydroxyl groups is 1. The topological polar surface area (TPSA) is 38.1 Å². The van der Waals surface area contributed by atoms with E-state index in [4.69, 9.17) is 0 Å². The zero-order valence-electron chi connectivity index (χ0n) is 9.76. The molecule has 1 N–H and O–H groups in total. The van der Waals surface area contributed by atoms with Gasteiger partial charge in [-0.2, -0.15) is 0 Å². The molecule has 5 heteroatoms. The van der Waals surface area contributed by atoms with Gasteiger partial charge in [0.15, 0.2) is 0 Å². The van der Waals surface area contributed by atoms with Gasteiger partial charge in [-0.3, -0.25) is 4.39 Å². The summed E-state index contributed by atoms with van der Waals surface area (Å²) in [6.45, 7) is 0.0500. The molecule has 0 aliphatic heterocycles. The summed E-state index contributed by atoms with van der Waals surface area (Å²) in [4.78, 5) is 4.06. The number of aromatic nitrogens is 2. The van der Waals surface area contributed by atoms with Crippen molar-refractivity contribution in [3.8, 4) is 0 Å². The lowest BCUT2D eigenvalue weighted by atomic mass is 10.1. The lowest BCUT2D eigenvalue weighted by Gasteiger charge is -2.13. The van der Waals surface area contributed by atoms with Crippen LogP contribution in [0.25, 0.3) is 0 Å². The largest absolute Gasteiger partial charge is 0.380 e. The van der Waals surface area contributed by atoms with Crippen molar-refractivity contribution in [3.63, 3.8) is 0 Å². The smallest absolute Gasteiger partial charge is 0.142 e. The summed E-state index contributed by atoms with van der Waals surface area (Å²) in [5.41, 5.74) is 0.559. The molecule has 1 aromatic carbocycles. The molecule has 1 atom stereocenters. The van der Waals surface area contributed by atoms with Crippen molar-refractivity contribution in [2.75, 3.05) is 6.67 Å². The Bertz CT molecular complexity index is 496. The maximum absolute atomic E-state index is 12.8. The first-order chi connectivity index (χ1) is 8.72. The Balaban J connectivity index is 2.20. The Labute approximate surface area is 104 Å². The van der Waals surface area contributed by atoms with Gasteiger partial charge >= 0.3 is 0 Å². The molecule has 3 nitrogen and oxygen atoms in total. The molecule has 1 aromatic heterocycles. The standard InChI is InChI=1S/C13H14F2N2O/c14-6-1-8-17-9-7-16-13(17)12(18)10-2-4-11(15)5-3-10/h2-5,7,9,12,18H,1,6,8H2/t12-/m1/s1. The maximum Gasteiger partial charge on any atom is 0.142 e. The highest BCUT2D eigenvalue weighted by Gasteiger charge is 2.15. The van der Waals surface area contributed by atoms with Crippen LogP contribution in [0.1, 0.15) is 23.9 Å². The van der Waals surface area contributed by atoms with Crippen LogP contribution in [0.2, 0.25) is 0 Å². The average molecular weight is 252 g/mol. The van der Waals surface area contributed by atoms with Gasteiger partial charge in [0.1, 0.15) is 17.7 Å². The molecule has 1 heterocycles. The van der Waals surface area contributed by atoms with Crippen LogP contribution < -0.4 is 0 Å². The highest BCUT2D eigenvalue weighted by Crippen LogP contribution is 2.20. The van der Waals surface area contributed by atoms with Crippen LogP contribution in [-0.4, -0.2) is 21.3 Å². The Morgan fingerprint density at radius 3 is 2.67 bits per heavy atom. The predicted octanol–water partition coefficient (Wildman–Crippen LogP) is 2.46. The van der Waals surface area contributed by atoms with E-state index in [1.807, 2.05) is 0 Å². The monoisotopic (exact) mass is 252 g/mol. The summed E-state index contributed by atoms with van der Waals surface area (Å²) in [6.07, 6.45) is 2.69. The summed E-state index contributed by atoms with van der Waals surface area (Å²) in [6, 6.07) is 5.59. The van der Waals surface area contributed by atoms with E-state index in [0.717, 1.165) is 0 Å². The van der Waals surface area contributed by atoms with Crippen LogP contribution in [0.4, 0.5) is 8.78 Å². The highest BCUT2D eigenvalue weighted by atomic mass is 19.1. The molecule has 0 aliphatic carbocycles. The molecule has 0 spiro atoms. The van der Waals surface area contributed by atoms with Crippen LogP contribution in [0.5, 0.6) is 0 Å². The van der Waals surface area contributed by atoms with Crippen LogP contribution in [0.15, 0.2) is 36.7 Å². The van der Waals surface area contributed by atoms with Crippen LogP contribution in [-0.2, 0) is 6.54 Å². The number of aryl methyl sites for hydroxylation is 1. The molecule has 0 unspecified atom stereocenters. The fourth-order valence-electron chi connectivity index (χ4n) is 1.78. The molecule has 0 bridgehead atoms. The number of hydrogen-bond donors (Lipinski definition) is 1. The molecule has 2 rings (SSSR count). The predicted molar refractivity (Wildman–Crippen MR) is 63.3 cm³/mol. The second-order valence-corrected chi connectivity index (χ2v) is 3.98. The molecule has 96 valence electrons. The molecule has 0 amide bonds. The van der Waals surface area contributed by atoms with Crippen molar-refractivity contribution < 1.29 is 13.9 Å². The number of aliphatic hydroxyl groups excluding tert-OH is 1. The Morgan fingerprint density at radius 2 is 2.00 bits per heavy atom. The van der Waals surface area contributed by atoms with E-state index in [-0.39, 0.29) is 5.82 Å². The molecule has 0 saturated heterocycles. The Kier molecular flexibility index (Phi) is 4.04. The zero-order chi connectivity index (χ0) is 13.0. The van der Waals surface area contributed by atoms with Gasteiger partial charge in [0.25, 0.3) is 0 Å². The van der Waals surface area contributed by atoms with E-state index in [2.05, 4.69) is 4.98 Å². The third-order valence-corrected chi connectivity index (χ3v) is 2.71. The lowest BCUT2D eigenvalue weighted by Crippen LogP contribution is -2.10. The number of rotatable bonds is 5. The molecule has 2 aromatic rings. The first-order valence-corrected chi connectivity index (χ1v) is 5.73. The number of halogens is 2. The third-order valence-electron chi connectivity index (χ3n) is 2.71. The summed E-state index contributed by atoms with van der Waals surface area (Å²) in [5, 5.41) is 10.2. The zero-order valence-corrected chi connectivity index (χ0v) is 9.76. The van der Waals surface area contributed by atoms with Crippen molar-refractivity contribution >= 4 is 0 Å². The van der Waals surface area contributed by atoms with Crippen molar-refractivity contribution in [1.82, 2.24) is 9.55 Å².